The van der Waals surface area contributed by atoms with Crippen LogP contribution in [0.25, 0.3) is 0 Å². The van der Waals surface area contributed by atoms with Crippen LogP contribution in [0.2, 0.25) is 10.0 Å². The lowest BCUT2D eigenvalue weighted by Crippen LogP contribution is -2.37. The normalized spacial score (nSPS) is 15.5. The summed E-state index contributed by atoms with van der Waals surface area (Å²) in [5, 5.41) is 5.22. The van der Waals surface area contributed by atoms with Gasteiger partial charge in [-0.15, -0.1) is 0 Å². The average molecular weight is 368 g/mol. The van der Waals surface area contributed by atoms with Crippen molar-refractivity contribution in [1.29, 1.82) is 0 Å². The van der Waals surface area contributed by atoms with Gasteiger partial charge in [0.25, 0.3) is 0 Å². The first-order valence-corrected chi connectivity index (χ1v) is 8.61. The number of halogens is 2. The highest BCUT2D eigenvalue weighted by molar-refractivity contribution is 6.32. The van der Waals surface area contributed by atoms with E-state index < -0.39 is 0 Å². The number of carbonyl (C=O) groups excluding carboxylic acids is 1. The molecular weight excluding hydrogens is 349 g/mol. The number of aromatic nitrogens is 2. The number of carbonyl (C=O) groups is 1. The van der Waals surface area contributed by atoms with Crippen LogP contribution in [0.4, 0.5) is 5.69 Å². The van der Waals surface area contributed by atoms with E-state index in [4.69, 9.17) is 27.9 Å². The van der Waals surface area contributed by atoms with E-state index in [0.717, 1.165) is 31.6 Å². The number of piperidine rings is 1. The van der Waals surface area contributed by atoms with Gasteiger partial charge in [0.15, 0.2) is 5.78 Å². The van der Waals surface area contributed by atoms with Crippen molar-refractivity contribution in [3.05, 3.63) is 40.6 Å². The van der Waals surface area contributed by atoms with Crippen LogP contribution >= 0.6 is 23.2 Å². The van der Waals surface area contributed by atoms with E-state index in [1.165, 1.54) is 0 Å². The zero-order chi connectivity index (χ0) is 17.1. The number of ketones is 1. The molecule has 1 aliphatic rings. The molecule has 2 aromatic rings. The number of methoxy groups -OCH3 is 1. The Hall–Kier alpha value is -1.72. The average Bonchev–Trinajstić information content (AvgIpc) is 3.00. The Kier molecular flexibility index (Phi) is 5.31. The third-order valence-corrected chi connectivity index (χ3v) is 4.88. The summed E-state index contributed by atoms with van der Waals surface area (Å²) in [5.41, 5.74) is 1.07. The molecule has 0 bridgehead atoms. The second-order valence-electron chi connectivity index (χ2n) is 5.90. The van der Waals surface area contributed by atoms with Gasteiger partial charge in [-0.1, -0.05) is 23.2 Å². The van der Waals surface area contributed by atoms with Gasteiger partial charge in [-0.05, 0) is 25.0 Å². The second kappa shape index (κ2) is 7.45. The number of ether oxygens (including phenoxy) is 1. The molecule has 0 amide bonds. The third-order valence-electron chi connectivity index (χ3n) is 4.37. The molecule has 1 aliphatic heterocycles. The van der Waals surface area contributed by atoms with Crippen LogP contribution in [-0.4, -0.2) is 35.8 Å². The fraction of sp³-hybridized carbons (Fsp3) is 0.412. The molecule has 0 aliphatic carbocycles. The molecular formula is C17H19Cl2N3O2. The topological polar surface area (TPSA) is 47.4 Å². The summed E-state index contributed by atoms with van der Waals surface area (Å²) in [4.78, 5) is 14.7. The van der Waals surface area contributed by atoms with E-state index in [1.807, 2.05) is 18.2 Å². The van der Waals surface area contributed by atoms with Crippen molar-refractivity contribution < 1.29 is 9.53 Å². The first-order valence-electron chi connectivity index (χ1n) is 7.86. The molecule has 3 rings (SSSR count). The molecule has 1 aromatic heterocycles. The number of rotatable bonds is 5. The van der Waals surface area contributed by atoms with E-state index in [1.54, 1.807) is 24.2 Å². The summed E-state index contributed by atoms with van der Waals surface area (Å²) in [6.07, 6.45) is 4.89. The molecule has 128 valence electrons. The SMILES string of the molecule is COc1cc(N2CCC(C(=O)Cn3cc(Cl)cn3)CC2)ccc1Cl. The van der Waals surface area contributed by atoms with Crippen molar-refractivity contribution in [1.82, 2.24) is 9.78 Å². The Bertz CT molecular complexity index is 724. The van der Waals surface area contributed by atoms with Gasteiger partial charge < -0.3 is 9.64 Å². The van der Waals surface area contributed by atoms with E-state index in [9.17, 15) is 4.79 Å². The summed E-state index contributed by atoms with van der Waals surface area (Å²) < 4.78 is 6.87. The first-order chi connectivity index (χ1) is 11.6. The van der Waals surface area contributed by atoms with Crippen molar-refractivity contribution in [3.8, 4) is 5.75 Å². The monoisotopic (exact) mass is 367 g/mol. The van der Waals surface area contributed by atoms with Gasteiger partial charge in [0.2, 0.25) is 0 Å². The van der Waals surface area contributed by atoms with Crippen LogP contribution in [0.5, 0.6) is 5.75 Å². The van der Waals surface area contributed by atoms with E-state index in [0.29, 0.717) is 15.8 Å². The summed E-state index contributed by atoms with van der Waals surface area (Å²) in [5.74, 6) is 0.949. The number of benzene rings is 1. The van der Waals surface area contributed by atoms with Gasteiger partial charge in [0, 0.05) is 37.0 Å². The molecule has 5 nitrogen and oxygen atoms in total. The molecule has 0 saturated carbocycles. The van der Waals surface area contributed by atoms with Gasteiger partial charge in [-0.25, -0.2) is 0 Å². The van der Waals surface area contributed by atoms with Crippen LogP contribution in [0, 0.1) is 5.92 Å². The van der Waals surface area contributed by atoms with Gasteiger partial charge in [0.1, 0.15) is 5.75 Å². The highest BCUT2D eigenvalue weighted by Gasteiger charge is 2.25. The number of hydrogen-bond donors (Lipinski definition) is 0. The Morgan fingerprint density at radius 1 is 1.33 bits per heavy atom. The quantitative estimate of drug-likeness (QED) is 0.808. The van der Waals surface area contributed by atoms with Gasteiger partial charge in [-0.3, -0.25) is 9.48 Å². The van der Waals surface area contributed by atoms with E-state index in [2.05, 4.69) is 10.00 Å². The molecule has 0 spiro atoms. The Morgan fingerprint density at radius 2 is 2.08 bits per heavy atom. The summed E-state index contributed by atoms with van der Waals surface area (Å²) in [6, 6.07) is 5.77. The molecule has 0 radical (unpaired) electrons. The summed E-state index contributed by atoms with van der Waals surface area (Å²) in [6.45, 7) is 1.95. The molecule has 1 saturated heterocycles. The fourth-order valence-corrected chi connectivity index (χ4v) is 3.37. The van der Waals surface area contributed by atoms with Crippen molar-refractivity contribution in [2.45, 2.75) is 19.4 Å². The number of anilines is 1. The van der Waals surface area contributed by atoms with Crippen molar-refractivity contribution >= 4 is 34.7 Å². The van der Waals surface area contributed by atoms with Gasteiger partial charge >= 0.3 is 0 Å². The molecule has 7 heteroatoms. The van der Waals surface area contributed by atoms with E-state index in [-0.39, 0.29) is 18.2 Å². The van der Waals surface area contributed by atoms with Crippen molar-refractivity contribution in [2.24, 2.45) is 5.92 Å². The highest BCUT2D eigenvalue weighted by atomic mass is 35.5. The summed E-state index contributed by atoms with van der Waals surface area (Å²) >= 11 is 11.9. The second-order valence-corrected chi connectivity index (χ2v) is 6.75. The minimum Gasteiger partial charge on any atom is -0.495 e. The van der Waals surface area contributed by atoms with Crippen LogP contribution in [-0.2, 0) is 11.3 Å². The summed E-state index contributed by atoms with van der Waals surface area (Å²) in [7, 11) is 1.61. The van der Waals surface area contributed by atoms with E-state index >= 15 is 0 Å². The van der Waals surface area contributed by atoms with Crippen molar-refractivity contribution in [2.75, 3.05) is 25.1 Å². The zero-order valence-electron chi connectivity index (χ0n) is 13.4. The first kappa shape index (κ1) is 17.1. The van der Waals surface area contributed by atoms with Crippen LogP contribution in [0.1, 0.15) is 12.8 Å². The number of hydrogen-bond acceptors (Lipinski definition) is 4. The maximum absolute atomic E-state index is 12.4. The van der Waals surface area contributed by atoms with Crippen LogP contribution in [0.15, 0.2) is 30.6 Å². The molecule has 24 heavy (non-hydrogen) atoms. The molecule has 2 heterocycles. The van der Waals surface area contributed by atoms with Crippen LogP contribution in [0.3, 0.4) is 0 Å². The largest absolute Gasteiger partial charge is 0.495 e. The maximum atomic E-state index is 12.4. The Labute approximate surface area is 151 Å². The fourth-order valence-electron chi connectivity index (χ4n) is 3.02. The number of Topliss-reactive ketones (excluding diaryl/α,β-unsaturated/α-hetero) is 1. The molecule has 1 fully saturated rings. The van der Waals surface area contributed by atoms with Crippen molar-refractivity contribution in [3.63, 3.8) is 0 Å². The lowest BCUT2D eigenvalue weighted by atomic mass is 9.92. The lowest BCUT2D eigenvalue weighted by Gasteiger charge is -2.33. The van der Waals surface area contributed by atoms with Gasteiger partial charge in [0.05, 0.1) is 29.9 Å². The number of nitrogens with zero attached hydrogens (tertiary/aromatic N) is 3. The molecule has 1 aromatic carbocycles. The van der Waals surface area contributed by atoms with Crippen LogP contribution < -0.4 is 9.64 Å². The third kappa shape index (κ3) is 3.84. The predicted octanol–water partition coefficient (Wildman–Crippen LogP) is 3.68. The zero-order valence-corrected chi connectivity index (χ0v) is 14.9. The maximum Gasteiger partial charge on any atom is 0.157 e. The molecule has 0 unspecified atom stereocenters. The Balaban J connectivity index is 1.58. The standard InChI is InChI=1S/C17H19Cl2N3O2/c1-24-17-8-14(2-3-15(17)19)21-6-4-12(5-7-21)16(23)11-22-10-13(18)9-20-22/h2-3,8-10,12H,4-7,11H2,1H3. The lowest BCUT2D eigenvalue weighted by molar-refractivity contribution is -0.124. The minimum atomic E-state index is 0.0680. The predicted molar refractivity (Wildman–Crippen MR) is 95.2 cm³/mol. The molecule has 0 N–H and O–H groups in total. The van der Waals surface area contributed by atoms with Gasteiger partial charge in [-0.2, -0.15) is 5.10 Å². The Morgan fingerprint density at radius 3 is 2.71 bits per heavy atom. The molecule has 0 atom stereocenters. The smallest absolute Gasteiger partial charge is 0.157 e. The highest BCUT2D eigenvalue weighted by Crippen LogP contribution is 2.31. The minimum absolute atomic E-state index is 0.0680.